The van der Waals surface area contributed by atoms with Crippen LogP contribution in [0.4, 0.5) is 5.69 Å². The minimum atomic E-state index is 0.00837. The van der Waals surface area contributed by atoms with Gasteiger partial charge < -0.3 is 14.5 Å². The first kappa shape index (κ1) is 22.7. The molecule has 1 amide bonds. The second-order valence-electron chi connectivity index (χ2n) is 8.96. The molecule has 178 valence electrons. The number of anilines is 1. The van der Waals surface area contributed by atoms with Crippen LogP contribution in [0, 0.1) is 13.8 Å². The molecule has 0 saturated carbocycles. The van der Waals surface area contributed by atoms with Crippen LogP contribution in [0.25, 0.3) is 16.9 Å². The topological polar surface area (TPSA) is 50.6 Å². The van der Waals surface area contributed by atoms with Gasteiger partial charge in [0.15, 0.2) is 0 Å². The zero-order chi connectivity index (χ0) is 24.4. The van der Waals surface area contributed by atoms with E-state index in [-0.39, 0.29) is 5.91 Å². The Labute approximate surface area is 206 Å². The van der Waals surface area contributed by atoms with E-state index in [9.17, 15) is 4.79 Å². The van der Waals surface area contributed by atoms with Crippen molar-refractivity contribution in [1.82, 2.24) is 14.7 Å². The minimum Gasteiger partial charge on any atom is -0.497 e. The zero-order valence-corrected chi connectivity index (χ0v) is 20.4. The average Bonchev–Trinajstić information content (AvgIpc) is 3.34. The number of amides is 1. The van der Waals surface area contributed by atoms with E-state index in [1.807, 2.05) is 64.2 Å². The summed E-state index contributed by atoms with van der Waals surface area (Å²) in [4.78, 5) is 18.0. The Balaban J connectivity index is 1.42. The highest BCUT2D eigenvalue weighted by molar-refractivity contribution is 5.94. The van der Waals surface area contributed by atoms with Gasteiger partial charge in [0.05, 0.1) is 18.5 Å². The highest BCUT2D eigenvalue weighted by Gasteiger charge is 2.27. The Morgan fingerprint density at radius 1 is 0.857 bits per heavy atom. The summed E-state index contributed by atoms with van der Waals surface area (Å²) in [6.07, 6.45) is 0. The predicted octanol–water partition coefficient (Wildman–Crippen LogP) is 5.13. The molecule has 0 bridgehead atoms. The van der Waals surface area contributed by atoms with E-state index in [2.05, 4.69) is 43.0 Å². The Hall–Kier alpha value is -4.06. The summed E-state index contributed by atoms with van der Waals surface area (Å²) >= 11 is 0. The quantitative estimate of drug-likeness (QED) is 0.409. The highest BCUT2D eigenvalue weighted by Crippen LogP contribution is 2.26. The summed E-state index contributed by atoms with van der Waals surface area (Å²) in [6.45, 7) is 7.01. The van der Waals surface area contributed by atoms with Gasteiger partial charge in [-0.15, -0.1) is 0 Å². The van der Waals surface area contributed by atoms with Gasteiger partial charge in [-0.2, -0.15) is 5.10 Å². The van der Waals surface area contributed by atoms with Crippen molar-refractivity contribution in [3.05, 3.63) is 95.7 Å². The maximum absolute atomic E-state index is 13.8. The summed E-state index contributed by atoms with van der Waals surface area (Å²) in [5.41, 5.74) is 6.73. The molecule has 35 heavy (non-hydrogen) atoms. The van der Waals surface area contributed by atoms with Crippen molar-refractivity contribution in [3.63, 3.8) is 0 Å². The molecule has 6 nitrogen and oxygen atoms in total. The SMILES string of the molecule is COc1ccc(N2CCN(C(=O)c3cc(-c4ccccc4)nn3-c3ccc(C)cc3C)CC2)cc1. The van der Waals surface area contributed by atoms with Gasteiger partial charge in [0.2, 0.25) is 0 Å². The van der Waals surface area contributed by atoms with E-state index in [1.54, 1.807) is 7.11 Å². The van der Waals surface area contributed by atoms with Crippen molar-refractivity contribution >= 4 is 11.6 Å². The molecular formula is C29H30N4O2. The fourth-order valence-electron chi connectivity index (χ4n) is 4.63. The van der Waals surface area contributed by atoms with E-state index in [0.717, 1.165) is 47.0 Å². The summed E-state index contributed by atoms with van der Waals surface area (Å²) in [5, 5.41) is 4.88. The van der Waals surface area contributed by atoms with Crippen molar-refractivity contribution in [2.45, 2.75) is 13.8 Å². The molecule has 1 saturated heterocycles. The van der Waals surface area contributed by atoms with Crippen molar-refractivity contribution in [3.8, 4) is 22.7 Å². The summed E-state index contributed by atoms with van der Waals surface area (Å²) in [5.74, 6) is 0.852. The molecule has 1 aliphatic rings. The number of hydrogen-bond donors (Lipinski definition) is 0. The standard InChI is InChI=1S/C29H30N4O2/c1-21-9-14-27(22(2)19-21)33-28(20-26(30-33)23-7-5-4-6-8-23)29(34)32-17-15-31(16-18-32)24-10-12-25(35-3)13-11-24/h4-14,19-20H,15-18H2,1-3H3. The number of piperazine rings is 1. The number of carbonyl (C=O) groups is 1. The predicted molar refractivity (Wildman–Crippen MR) is 140 cm³/mol. The Kier molecular flexibility index (Phi) is 6.27. The van der Waals surface area contributed by atoms with Crippen LogP contribution in [0.5, 0.6) is 5.75 Å². The number of ether oxygens (including phenoxy) is 1. The number of rotatable bonds is 5. The number of nitrogens with zero attached hydrogens (tertiary/aromatic N) is 4. The molecule has 1 fully saturated rings. The van der Waals surface area contributed by atoms with Crippen LogP contribution < -0.4 is 9.64 Å². The van der Waals surface area contributed by atoms with E-state index in [4.69, 9.17) is 9.84 Å². The second kappa shape index (κ2) is 9.66. The van der Waals surface area contributed by atoms with E-state index < -0.39 is 0 Å². The third-order valence-electron chi connectivity index (χ3n) is 6.58. The monoisotopic (exact) mass is 466 g/mol. The van der Waals surface area contributed by atoms with E-state index >= 15 is 0 Å². The smallest absolute Gasteiger partial charge is 0.272 e. The van der Waals surface area contributed by atoms with Crippen LogP contribution in [-0.4, -0.2) is 53.9 Å². The summed E-state index contributed by atoms with van der Waals surface area (Å²) in [7, 11) is 1.67. The maximum Gasteiger partial charge on any atom is 0.272 e. The summed E-state index contributed by atoms with van der Waals surface area (Å²) in [6, 6.07) is 26.3. The van der Waals surface area contributed by atoms with Gasteiger partial charge >= 0.3 is 0 Å². The fourth-order valence-corrected chi connectivity index (χ4v) is 4.63. The lowest BCUT2D eigenvalue weighted by Gasteiger charge is -2.36. The van der Waals surface area contributed by atoms with Gasteiger partial charge in [0.1, 0.15) is 11.4 Å². The molecule has 3 aromatic carbocycles. The van der Waals surface area contributed by atoms with Crippen molar-refractivity contribution in [2.24, 2.45) is 0 Å². The van der Waals surface area contributed by atoms with Crippen LogP contribution >= 0.6 is 0 Å². The Morgan fingerprint density at radius 3 is 2.23 bits per heavy atom. The van der Waals surface area contributed by atoms with Gasteiger partial charge in [-0.3, -0.25) is 4.79 Å². The first-order valence-corrected chi connectivity index (χ1v) is 11.9. The van der Waals surface area contributed by atoms with Crippen molar-refractivity contribution in [1.29, 1.82) is 0 Å². The third kappa shape index (κ3) is 4.64. The molecular weight excluding hydrogens is 436 g/mol. The van der Waals surface area contributed by atoms with Gasteiger partial charge in [-0.05, 0) is 55.8 Å². The molecule has 0 atom stereocenters. The van der Waals surface area contributed by atoms with Crippen LogP contribution in [0.2, 0.25) is 0 Å². The van der Waals surface area contributed by atoms with Crippen molar-refractivity contribution < 1.29 is 9.53 Å². The van der Waals surface area contributed by atoms with Gasteiger partial charge in [-0.1, -0.05) is 48.0 Å². The number of hydrogen-bond acceptors (Lipinski definition) is 4. The molecule has 0 radical (unpaired) electrons. The second-order valence-corrected chi connectivity index (χ2v) is 8.96. The van der Waals surface area contributed by atoms with E-state index in [1.165, 1.54) is 5.56 Å². The van der Waals surface area contributed by atoms with Gasteiger partial charge in [0, 0.05) is 37.4 Å². The molecule has 4 aromatic rings. The zero-order valence-electron chi connectivity index (χ0n) is 20.4. The molecule has 6 heteroatoms. The van der Waals surface area contributed by atoms with Crippen LogP contribution in [-0.2, 0) is 0 Å². The van der Waals surface area contributed by atoms with Crippen LogP contribution in [0.1, 0.15) is 21.6 Å². The number of aryl methyl sites for hydroxylation is 2. The van der Waals surface area contributed by atoms with Gasteiger partial charge in [0.25, 0.3) is 5.91 Å². The lowest BCUT2D eigenvalue weighted by Crippen LogP contribution is -2.49. The third-order valence-corrected chi connectivity index (χ3v) is 6.58. The number of methoxy groups -OCH3 is 1. The van der Waals surface area contributed by atoms with Crippen LogP contribution in [0.15, 0.2) is 78.9 Å². The maximum atomic E-state index is 13.8. The molecule has 5 rings (SSSR count). The molecule has 1 aliphatic heterocycles. The Morgan fingerprint density at radius 2 is 1.57 bits per heavy atom. The average molecular weight is 467 g/mol. The first-order chi connectivity index (χ1) is 17.0. The molecule has 0 spiro atoms. The molecule has 2 heterocycles. The Bertz CT molecular complexity index is 1320. The molecule has 0 aliphatic carbocycles. The fraction of sp³-hybridized carbons (Fsp3) is 0.241. The largest absolute Gasteiger partial charge is 0.497 e. The van der Waals surface area contributed by atoms with Crippen molar-refractivity contribution in [2.75, 3.05) is 38.2 Å². The normalized spacial score (nSPS) is 13.7. The molecule has 0 N–H and O–H groups in total. The van der Waals surface area contributed by atoms with Gasteiger partial charge in [-0.25, -0.2) is 4.68 Å². The summed E-state index contributed by atoms with van der Waals surface area (Å²) < 4.78 is 7.09. The lowest BCUT2D eigenvalue weighted by molar-refractivity contribution is 0.0737. The number of carbonyl (C=O) groups excluding carboxylic acids is 1. The first-order valence-electron chi connectivity index (χ1n) is 11.9. The molecule has 1 aromatic heterocycles. The number of benzene rings is 3. The van der Waals surface area contributed by atoms with E-state index in [0.29, 0.717) is 18.8 Å². The lowest BCUT2D eigenvalue weighted by atomic mass is 10.1. The highest BCUT2D eigenvalue weighted by atomic mass is 16.5. The number of aromatic nitrogens is 2. The van der Waals surface area contributed by atoms with Crippen LogP contribution in [0.3, 0.4) is 0 Å². The molecule has 0 unspecified atom stereocenters. The minimum absolute atomic E-state index is 0.00837.